The molecule has 1 saturated heterocycles. The quantitative estimate of drug-likeness (QED) is 0.417. The van der Waals surface area contributed by atoms with E-state index in [2.05, 4.69) is 31.9 Å². The highest BCUT2D eigenvalue weighted by atomic mass is 79.9. The second kappa shape index (κ2) is 8.12. The van der Waals surface area contributed by atoms with E-state index in [1.165, 1.54) is 16.7 Å². The molecule has 3 rings (SSSR count). The van der Waals surface area contributed by atoms with Crippen LogP contribution in [0.2, 0.25) is 0 Å². The first-order valence-electron chi connectivity index (χ1n) is 7.60. The van der Waals surface area contributed by atoms with Gasteiger partial charge in [0.15, 0.2) is 15.8 Å². The summed E-state index contributed by atoms with van der Waals surface area (Å²) in [5.74, 6) is 0.0784. The summed E-state index contributed by atoms with van der Waals surface area (Å²) in [5, 5.41) is 10.5. The highest BCUT2D eigenvalue weighted by Gasteiger charge is 2.33. The summed E-state index contributed by atoms with van der Waals surface area (Å²) in [5.41, 5.74) is 1.17. The van der Waals surface area contributed by atoms with Crippen molar-refractivity contribution in [2.24, 2.45) is 0 Å². The van der Waals surface area contributed by atoms with Crippen LogP contribution in [0.5, 0.6) is 11.5 Å². The maximum atomic E-state index is 12.8. The standard InChI is InChI=1S/C18H13Br2NO3S2/c1-2-24-13-9-12(19)15(20)11(16(13)22)8-14-17(23)21(18(25)26-14)10-6-4-3-5-7-10/h3-9,22H,2H2,1H3. The van der Waals surface area contributed by atoms with Crippen molar-refractivity contribution in [3.63, 3.8) is 0 Å². The van der Waals surface area contributed by atoms with E-state index >= 15 is 0 Å². The monoisotopic (exact) mass is 513 g/mol. The zero-order valence-electron chi connectivity index (χ0n) is 13.5. The van der Waals surface area contributed by atoms with Crippen LogP contribution in [-0.4, -0.2) is 21.9 Å². The Labute approximate surface area is 177 Å². The highest BCUT2D eigenvalue weighted by molar-refractivity contribution is 9.13. The van der Waals surface area contributed by atoms with E-state index in [-0.39, 0.29) is 11.7 Å². The number of nitrogens with zero attached hydrogens (tertiary/aromatic N) is 1. The lowest BCUT2D eigenvalue weighted by atomic mass is 10.1. The number of hydrogen-bond donors (Lipinski definition) is 1. The molecule has 2 aromatic rings. The number of phenolic OH excluding ortho intramolecular Hbond substituents is 1. The zero-order valence-corrected chi connectivity index (χ0v) is 18.3. The van der Waals surface area contributed by atoms with Crippen molar-refractivity contribution in [1.29, 1.82) is 0 Å². The van der Waals surface area contributed by atoms with E-state index in [9.17, 15) is 9.90 Å². The van der Waals surface area contributed by atoms with Crippen LogP contribution in [0.1, 0.15) is 12.5 Å². The number of benzene rings is 2. The van der Waals surface area contributed by atoms with Gasteiger partial charge >= 0.3 is 0 Å². The molecule has 0 radical (unpaired) electrons. The predicted molar refractivity (Wildman–Crippen MR) is 117 cm³/mol. The van der Waals surface area contributed by atoms with Crippen LogP contribution >= 0.6 is 55.8 Å². The summed E-state index contributed by atoms with van der Waals surface area (Å²) in [6.45, 7) is 2.25. The summed E-state index contributed by atoms with van der Waals surface area (Å²) in [4.78, 5) is 14.8. The minimum atomic E-state index is -0.226. The summed E-state index contributed by atoms with van der Waals surface area (Å²) >= 11 is 13.4. The fourth-order valence-corrected chi connectivity index (χ4v) is 4.53. The molecule has 134 valence electrons. The van der Waals surface area contributed by atoms with Gasteiger partial charge in [-0.15, -0.1) is 0 Å². The minimum Gasteiger partial charge on any atom is -0.504 e. The number of hydrogen-bond acceptors (Lipinski definition) is 5. The highest BCUT2D eigenvalue weighted by Crippen LogP contribution is 2.44. The van der Waals surface area contributed by atoms with Crippen LogP contribution in [0.3, 0.4) is 0 Å². The Balaban J connectivity index is 2.04. The number of halogens is 2. The topological polar surface area (TPSA) is 49.8 Å². The fraction of sp³-hybridized carbons (Fsp3) is 0.111. The third-order valence-corrected chi connectivity index (χ3v) is 6.89. The van der Waals surface area contributed by atoms with Gasteiger partial charge in [0.2, 0.25) is 0 Å². The first-order valence-corrected chi connectivity index (χ1v) is 10.4. The van der Waals surface area contributed by atoms with Crippen LogP contribution in [0.4, 0.5) is 5.69 Å². The van der Waals surface area contributed by atoms with E-state index in [4.69, 9.17) is 17.0 Å². The van der Waals surface area contributed by atoms with Crippen molar-refractivity contribution in [2.45, 2.75) is 6.92 Å². The number of carbonyl (C=O) groups is 1. The van der Waals surface area contributed by atoms with Crippen molar-refractivity contribution < 1.29 is 14.6 Å². The van der Waals surface area contributed by atoms with Crippen molar-refractivity contribution in [2.75, 3.05) is 11.5 Å². The SMILES string of the molecule is CCOc1cc(Br)c(Br)c(C=C2SC(=S)N(c3ccccc3)C2=O)c1O. The van der Waals surface area contributed by atoms with Crippen LogP contribution in [0.15, 0.2) is 50.2 Å². The summed E-state index contributed by atoms with van der Waals surface area (Å²) in [7, 11) is 0. The number of anilines is 1. The molecule has 1 aliphatic rings. The molecule has 0 aliphatic carbocycles. The second-order valence-corrected chi connectivity index (χ2v) is 8.54. The van der Waals surface area contributed by atoms with Crippen LogP contribution in [0, 0.1) is 0 Å². The van der Waals surface area contributed by atoms with Gasteiger partial charge in [-0.25, -0.2) is 0 Å². The molecular weight excluding hydrogens is 502 g/mol. The normalized spacial score (nSPS) is 15.8. The van der Waals surface area contributed by atoms with Crippen LogP contribution in [0.25, 0.3) is 6.08 Å². The first-order chi connectivity index (χ1) is 12.4. The predicted octanol–water partition coefficient (Wildman–Crippen LogP) is 5.72. The number of carbonyl (C=O) groups excluding carboxylic acids is 1. The van der Waals surface area contributed by atoms with Gasteiger partial charge in [-0.2, -0.15) is 0 Å². The van der Waals surface area contributed by atoms with Gasteiger partial charge < -0.3 is 9.84 Å². The van der Waals surface area contributed by atoms with Gasteiger partial charge in [0.25, 0.3) is 5.91 Å². The van der Waals surface area contributed by atoms with Crippen molar-refractivity contribution >= 4 is 77.8 Å². The molecule has 4 nitrogen and oxygen atoms in total. The molecule has 1 fully saturated rings. The smallest absolute Gasteiger partial charge is 0.270 e. The van der Waals surface area contributed by atoms with E-state index in [1.807, 2.05) is 37.3 Å². The Kier molecular flexibility index (Phi) is 6.06. The van der Waals surface area contributed by atoms with E-state index in [1.54, 1.807) is 12.1 Å². The number of aromatic hydroxyl groups is 1. The molecular formula is C18H13Br2NO3S2. The lowest BCUT2D eigenvalue weighted by molar-refractivity contribution is -0.113. The third kappa shape index (κ3) is 3.69. The number of rotatable bonds is 4. The number of ether oxygens (including phenoxy) is 1. The molecule has 0 bridgehead atoms. The van der Waals surface area contributed by atoms with E-state index in [0.29, 0.717) is 41.8 Å². The molecule has 1 amide bonds. The van der Waals surface area contributed by atoms with E-state index in [0.717, 1.165) is 0 Å². The Morgan fingerprint density at radius 2 is 2.00 bits per heavy atom. The molecule has 0 aromatic heterocycles. The number of amides is 1. The van der Waals surface area contributed by atoms with Gasteiger partial charge in [0, 0.05) is 14.5 Å². The van der Waals surface area contributed by atoms with Gasteiger partial charge in [-0.05, 0) is 63.1 Å². The summed E-state index contributed by atoms with van der Waals surface area (Å²) < 4.78 is 7.25. The number of para-hydroxylation sites is 1. The molecule has 26 heavy (non-hydrogen) atoms. The lowest BCUT2D eigenvalue weighted by Crippen LogP contribution is -2.27. The molecule has 1 heterocycles. The Morgan fingerprint density at radius 3 is 2.65 bits per heavy atom. The maximum absolute atomic E-state index is 12.8. The Morgan fingerprint density at radius 1 is 1.31 bits per heavy atom. The van der Waals surface area contributed by atoms with Gasteiger partial charge in [0.05, 0.1) is 17.2 Å². The van der Waals surface area contributed by atoms with Crippen LogP contribution in [-0.2, 0) is 4.79 Å². The summed E-state index contributed by atoms with van der Waals surface area (Å²) in [6.07, 6.45) is 1.62. The maximum Gasteiger partial charge on any atom is 0.270 e. The number of phenols is 1. The zero-order chi connectivity index (χ0) is 18.8. The lowest BCUT2D eigenvalue weighted by Gasteiger charge is -2.14. The van der Waals surface area contributed by atoms with Crippen molar-refractivity contribution in [1.82, 2.24) is 0 Å². The average molecular weight is 515 g/mol. The molecule has 0 unspecified atom stereocenters. The molecule has 0 atom stereocenters. The molecule has 2 aromatic carbocycles. The summed E-state index contributed by atoms with van der Waals surface area (Å²) in [6, 6.07) is 10.9. The first kappa shape index (κ1) is 19.4. The van der Waals surface area contributed by atoms with Gasteiger partial charge in [-0.1, -0.05) is 42.2 Å². The van der Waals surface area contributed by atoms with Crippen molar-refractivity contribution in [3.8, 4) is 11.5 Å². The molecule has 8 heteroatoms. The van der Waals surface area contributed by atoms with Crippen LogP contribution < -0.4 is 9.64 Å². The number of thiocarbonyl (C=S) groups is 1. The molecule has 0 spiro atoms. The van der Waals surface area contributed by atoms with E-state index < -0.39 is 0 Å². The Hall–Kier alpha value is -1.35. The molecule has 0 saturated carbocycles. The number of thioether (sulfide) groups is 1. The molecule has 1 N–H and O–H groups in total. The van der Waals surface area contributed by atoms with Gasteiger partial charge in [0.1, 0.15) is 0 Å². The third-order valence-electron chi connectivity index (χ3n) is 3.58. The van der Waals surface area contributed by atoms with Gasteiger partial charge in [-0.3, -0.25) is 9.69 Å². The van der Waals surface area contributed by atoms with Crippen molar-refractivity contribution in [3.05, 3.63) is 55.8 Å². The fourth-order valence-electron chi connectivity index (χ4n) is 2.41. The Bertz CT molecular complexity index is 916. The average Bonchev–Trinajstić information content (AvgIpc) is 2.91. The largest absolute Gasteiger partial charge is 0.504 e. The minimum absolute atomic E-state index is 0.0353. The second-order valence-electron chi connectivity index (χ2n) is 5.22. The molecule has 1 aliphatic heterocycles.